The van der Waals surface area contributed by atoms with Crippen LogP contribution in [0.5, 0.6) is 5.75 Å². The predicted octanol–water partition coefficient (Wildman–Crippen LogP) is 3.89. The molecule has 2 aromatic rings. The molecule has 20 heavy (non-hydrogen) atoms. The molecule has 0 bridgehead atoms. The second kappa shape index (κ2) is 6.73. The summed E-state index contributed by atoms with van der Waals surface area (Å²) in [4.78, 5) is 11.4. The van der Waals surface area contributed by atoms with Crippen LogP contribution in [0, 0.1) is 0 Å². The Bertz CT molecular complexity index is 597. The highest BCUT2D eigenvalue weighted by molar-refractivity contribution is 6.66. The lowest BCUT2D eigenvalue weighted by Crippen LogP contribution is -2.18. The molecule has 4 nitrogen and oxygen atoms in total. The third kappa shape index (κ3) is 3.59. The molecule has 0 N–H and O–H groups in total. The second-order valence-corrected chi connectivity index (χ2v) is 4.24. The van der Waals surface area contributed by atoms with Crippen LogP contribution >= 0.6 is 11.6 Å². The Kier molecular flexibility index (Phi) is 4.74. The van der Waals surface area contributed by atoms with Gasteiger partial charge in [0.05, 0.1) is 19.0 Å². The van der Waals surface area contributed by atoms with Crippen LogP contribution in [0.25, 0.3) is 0 Å². The molecule has 0 heterocycles. The minimum atomic E-state index is -0.666. The number of hydrogen-bond acceptors (Lipinski definition) is 3. The maximum Gasteiger partial charge on any atom is 0.341 e. The van der Waals surface area contributed by atoms with Gasteiger partial charge < -0.3 is 4.74 Å². The summed E-state index contributed by atoms with van der Waals surface area (Å²) in [6.07, 6.45) is 1.56. The van der Waals surface area contributed by atoms with Crippen LogP contribution in [-0.4, -0.2) is 18.7 Å². The van der Waals surface area contributed by atoms with Crippen molar-refractivity contribution >= 4 is 28.9 Å². The van der Waals surface area contributed by atoms with E-state index in [4.69, 9.17) is 16.3 Å². The highest BCUT2D eigenvalue weighted by atomic mass is 35.5. The standard InChI is InChI=1S/C15H13ClN2O2/c1-20-14-9-7-12(8-10-14)11-17-18(15(16)19)13-5-3-2-4-6-13/h2-11H,1H3/b17-11+. The molecule has 1 amide bonds. The van der Waals surface area contributed by atoms with Crippen molar-refractivity contribution in [1.82, 2.24) is 0 Å². The van der Waals surface area contributed by atoms with E-state index in [1.54, 1.807) is 25.5 Å². The molecule has 0 aromatic heterocycles. The van der Waals surface area contributed by atoms with E-state index in [-0.39, 0.29) is 0 Å². The molecule has 2 aromatic carbocycles. The first-order valence-electron chi connectivity index (χ1n) is 5.93. The second-order valence-electron chi connectivity index (χ2n) is 3.92. The molecule has 0 aliphatic rings. The summed E-state index contributed by atoms with van der Waals surface area (Å²) in [5.41, 5.74) is 1.45. The van der Waals surface area contributed by atoms with E-state index in [1.165, 1.54) is 0 Å². The molecule has 5 heteroatoms. The van der Waals surface area contributed by atoms with Gasteiger partial charge in [0, 0.05) is 0 Å². The topological polar surface area (TPSA) is 41.9 Å². The maximum atomic E-state index is 11.4. The van der Waals surface area contributed by atoms with Crippen molar-refractivity contribution in [2.24, 2.45) is 5.10 Å². The number of halogens is 1. The van der Waals surface area contributed by atoms with Crippen LogP contribution in [0.2, 0.25) is 0 Å². The van der Waals surface area contributed by atoms with Gasteiger partial charge >= 0.3 is 5.37 Å². The number of ether oxygens (including phenoxy) is 1. The average molecular weight is 289 g/mol. The Morgan fingerprint density at radius 2 is 1.80 bits per heavy atom. The number of nitrogens with zero attached hydrogens (tertiary/aromatic N) is 2. The van der Waals surface area contributed by atoms with E-state index in [2.05, 4.69) is 5.10 Å². The van der Waals surface area contributed by atoms with Crippen molar-refractivity contribution in [3.8, 4) is 5.75 Å². The van der Waals surface area contributed by atoms with E-state index < -0.39 is 5.37 Å². The molecule has 0 unspecified atom stereocenters. The first-order chi connectivity index (χ1) is 9.70. The first-order valence-corrected chi connectivity index (χ1v) is 6.31. The fourth-order valence-electron chi connectivity index (χ4n) is 1.60. The van der Waals surface area contributed by atoms with Gasteiger partial charge in [0.1, 0.15) is 5.75 Å². The fourth-order valence-corrected chi connectivity index (χ4v) is 1.74. The Morgan fingerprint density at radius 1 is 1.15 bits per heavy atom. The smallest absolute Gasteiger partial charge is 0.341 e. The van der Waals surface area contributed by atoms with Gasteiger partial charge in [0.2, 0.25) is 0 Å². The summed E-state index contributed by atoms with van der Waals surface area (Å²) in [7, 11) is 1.60. The Balaban J connectivity index is 2.19. The Morgan fingerprint density at radius 3 is 2.35 bits per heavy atom. The van der Waals surface area contributed by atoms with Crippen molar-refractivity contribution in [1.29, 1.82) is 0 Å². The van der Waals surface area contributed by atoms with Crippen LogP contribution in [0.4, 0.5) is 10.5 Å². The van der Waals surface area contributed by atoms with Crippen LogP contribution in [-0.2, 0) is 0 Å². The number of hydrazone groups is 1. The number of benzene rings is 2. The highest BCUT2D eigenvalue weighted by Gasteiger charge is 2.10. The molecule has 2 rings (SSSR count). The van der Waals surface area contributed by atoms with E-state index in [9.17, 15) is 4.79 Å². The van der Waals surface area contributed by atoms with Crippen LogP contribution in [0.15, 0.2) is 59.7 Å². The van der Waals surface area contributed by atoms with Gasteiger partial charge in [-0.05, 0) is 53.6 Å². The minimum Gasteiger partial charge on any atom is -0.497 e. The molecule has 102 valence electrons. The number of anilines is 1. The highest BCUT2D eigenvalue weighted by Crippen LogP contribution is 2.16. The van der Waals surface area contributed by atoms with E-state index in [0.29, 0.717) is 5.69 Å². The van der Waals surface area contributed by atoms with Crippen LogP contribution in [0.3, 0.4) is 0 Å². The summed E-state index contributed by atoms with van der Waals surface area (Å²) in [6.45, 7) is 0. The molecule has 0 aliphatic carbocycles. The van der Waals surface area contributed by atoms with Crippen LogP contribution in [0.1, 0.15) is 5.56 Å². The van der Waals surface area contributed by atoms with Gasteiger partial charge in [-0.25, -0.2) is 0 Å². The van der Waals surface area contributed by atoms with Gasteiger partial charge in [0.25, 0.3) is 0 Å². The van der Waals surface area contributed by atoms with Gasteiger partial charge in [0.15, 0.2) is 0 Å². The van der Waals surface area contributed by atoms with Gasteiger partial charge in [-0.1, -0.05) is 18.2 Å². The minimum absolute atomic E-state index is 0.609. The molecule has 0 saturated carbocycles. The van der Waals surface area contributed by atoms with E-state index in [1.807, 2.05) is 42.5 Å². The summed E-state index contributed by atoms with van der Waals surface area (Å²) in [5, 5.41) is 4.57. The van der Waals surface area contributed by atoms with Gasteiger partial charge in [-0.15, -0.1) is 0 Å². The molecular weight excluding hydrogens is 276 g/mol. The lowest BCUT2D eigenvalue weighted by Gasteiger charge is -2.12. The number of amides is 1. The molecule has 0 aliphatic heterocycles. The molecular formula is C15H13ClN2O2. The van der Waals surface area contributed by atoms with Crippen molar-refractivity contribution in [3.05, 3.63) is 60.2 Å². The molecule has 0 fully saturated rings. The summed E-state index contributed by atoms with van der Waals surface area (Å²) >= 11 is 5.55. The van der Waals surface area contributed by atoms with Crippen molar-refractivity contribution in [2.75, 3.05) is 12.1 Å². The first kappa shape index (κ1) is 14.1. The number of hydrogen-bond donors (Lipinski definition) is 0. The largest absolute Gasteiger partial charge is 0.497 e. The SMILES string of the molecule is COc1ccc(/C=N/N(C(=O)Cl)c2ccccc2)cc1. The summed E-state index contributed by atoms with van der Waals surface area (Å²) in [6, 6.07) is 16.3. The lowest BCUT2D eigenvalue weighted by atomic mass is 10.2. The third-order valence-electron chi connectivity index (χ3n) is 2.61. The normalized spacial score (nSPS) is 10.5. The Hall–Kier alpha value is -2.33. The molecule has 0 spiro atoms. The fraction of sp³-hybridized carbons (Fsp3) is 0.0667. The zero-order chi connectivity index (χ0) is 14.4. The van der Waals surface area contributed by atoms with Gasteiger partial charge in [-0.3, -0.25) is 4.79 Å². The quantitative estimate of drug-likeness (QED) is 0.371. The molecule has 0 saturated heterocycles. The van der Waals surface area contributed by atoms with Crippen molar-refractivity contribution in [2.45, 2.75) is 0 Å². The maximum absolute atomic E-state index is 11.4. The number of carbonyl (C=O) groups excluding carboxylic acids is 1. The zero-order valence-electron chi connectivity index (χ0n) is 10.9. The van der Waals surface area contributed by atoms with Crippen molar-refractivity contribution < 1.29 is 9.53 Å². The summed E-state index contributed by atoms with van der Waals surface area (Å²) < 4.78 is 5.07. The summed E-state index contributed by atoms with van der Waals surface area (Å²) in [5.74, 6) is 0.760. The number of para-hydroxylation sites is 1. The van der Waals surface area contributed by atoms with Crippen molar-refractivity contribution in [3.63, 3.8) is 0 Å². The number of rotatable bonds is 4. The number of methoxy groups -OCH3 is 1. The third-order valence-corrected chi connectivity index (χ3v) is 2.77. The predicted molar refractivity (Wildman–Crippen MR) is 80.8 cm³/mol. The number of carbonyl (C=O) groups is 1. The monoisotopic (exact) mass is 288 g/mol. The van der Waals surface area contributed by atoms with E-state index >= 15 is 0 Å². The van der Waals surface area contributed by atoms with Gasteiger partial charge in [-0.2, -0.15) is 10.1 Å². The molecule has 0 radical (unpaired) electrons. The zero-order valence-corrected chi connectivity index (χ0v) is 11.6. The molecule has 0 atom stereocenters. The average Bonchev–Trinajstić information content (AvgIpc) is 2.49. The van der Waals surface area contributed by atoms with E-state index in [0.717, 1.165) is 16.3 Å². The van der Waals surface area contributed by atoms with Crippen LogP contribution < -0.4 is 9.75 Å². The lowest BCUT2D eigenvalue weighted by molar-refractivity contribution is 0.264. The Labute approximate surface area is 122 Å².